The maximum Gasteiger partial charge on any atom is 0.305 e. The van der Waals surface area contributed by atoms with Crippen LogP contribution in [0.3, 0.4) is 0 Å². The van der Waals surface area contributed by atoms with E-state index in [0.717, 1.165) is 50.3 Å². The first-order valence-corrected chi connectivity index (χ1v) is 13.6. The number of ether oxygens (including phenoxy) is 2. The Morgan fingerprint density at radius 3 is 2.61 bits per heavy atom. The van der Waals surface area contributed by atoms with Gasteiger partial charge in [-0.25, -0.2) is 0 Å². The van der Waals surface area contributed by atoms with Gasteiger partial charge in [0.05, 0.1) is 25.3 Å². The van der Waals surface area contributed by atoms with Crippen molar-refractivity contribution in [2.24, 2.45) is 5.92 Å². The van der Waals surface area contributed by atoms with Crippen LogP contribution in [0.15, 0.2) is 42.5 Å². The van der Waals surface area contributed by atoms with Crippen LogP contribution in [0.25, 0.3) is 0 Å². The van der Waals surface area contributed by atoms with Gasteiger partial charge in [0.2, 0.25) is 0 Å². The Labute approximate surface area is 217 Å². The van der Waals surface area contributed by atoms with Crippen molar-refractivity contribution in [3.05, 3.63) is 59.2 Å². The number of methoxy groups -OCH3 is 1. The van der Waals surface area contributed by atoms with Crippen LogP contribution in [0.4, 0.5) is 5.69 Å². The molecular weight excluding hydrogens is 478 g/mol. The molecule has 0 spiro atoms. The van der Waals surface area contributed by atoms with Gasteiger partial charge in [0.1, 0.15) is 12.4 Å². The van der Waals surface area contributed by atoms with Crippen LogP contribution >= 0.6 is 11.9 Å². The summed E-state index contributed by atoms with van der Waals surface area (Å²) in [4.78, 5) is 27.0. The normalized spacial score (nSPS) is 17.2. The lowest BCUT2D eigenvalue weighted by atomic mass is 9.88. The van der Waals surface area contributed by atoms with Crippen LogP contribution in [0.5, 0.6) is 5.75 Å². The van der Waals surface area contributed by atoms with E-state index >= 15 is 0 Å². The van der Waals surface area contributed by atoms with Gasteiger partial charge in [-0.05, 0) is 54.3 Å². The summed E-state index contributed by atoms with van der Waals surface area (Å²) in [5.41, 5.74) is 3.76. The number of carboxylic acid groups (broad SMARTS) is 1. The predicted molar refractivity (Wildman–Crippen MR) is 141 cm³/mol. The van der Waals surface area contributed by atoms with Gasteiger partial charge in [-0.15, -0.1) is 0 Å². The molecule has 8 nitrogen and oxygen atoms in total. The third-order valence-electron chi connectivity index (χ3n) is 7.00. The summed E-state index contributed by atoms with van der Waals surface area (Å²) in [6.07, 6.45) is 3.71. The number of hydrogen-bond acceptors (Lipinski definition) is 7. The molecule has 2 aliphatic rings. The molecule has 1 unspecified atom stereocenters. The van der Waals surface area contributed by atoms with Crippen LogP contribution in [0.2, 0.25) is 0 Å². The van der Waals surface area contributed by atoms with Crippen molar-refractivity contribution in [2.45, 2.75) is 38.5 Å². The molecule has 0 aromatic heterocycles. The molecule has 2 heterocycles. The molecule has 0 saturated carbocycles. The van der Waals surface area contributed by atoms with Crippen LogP contribution in [-0.4, -0.2) is 66.9 Å². The van der Waals surface area contributed by atoms with Gasteiger partial charge in [0.25, 0.3) is 5.91 Å². The highest BCUT2D eigenvalue weighted by atomic mass is 32.2. The van der Waals surface area contributed by atoms with E-state index in [9.17, 15) is 14.7 Å². The Morgan fingerprint density at radius 1 is 1.17 bits per heavy atom. The van der Waals surface area contributed by atoms with Gasteiger partial charge < -0.3 is 24.8 Å². The summed E-state index contributed by atoms with van der Waals surface area (Å²) in [6, 6.07) is 13.3. The molecular formula is C27H35N3O5S. The first-order chi connectivity index (χ1) is 17.5. The molecule has 1 atom stereocenters. The minimum atomic E-state index is -0.897. The quantitative estimate of drug-likeness (QED) is 0.464. The molecule has 1 amide bonds. The molecule has 4 rings (SSSR count). The Hall–Kier alpha value is -2.75. The van der Waals surface area contributed by atoms with Gasteiger partial charge in [-0.3, -0.25) is 13.9 Å². The molecule has 0 bridgehead atoms. The zero-order valence-electron chi connectivity index (χ0n) is 20.9. The number of nitrogens with zero attached hydrogens (tertiary/aromatic N) is 2. The highest BCUT2D eigenvalue weighted by Gasteiger charge is 2.30. The third-order valence-corrected chi connectivity index (χ3v) is 7.88. The van der Waals surface area contributed by atoms with Crippen LogP contribution < -0.4 is 15.0 Å². The number of anilines is 1. The van der Waals surface area contributed by atoms with E-state index in [1.54, 1.807) is 31.2 Å². The molecule has 2 aromatic rings. The van der Waals surface area contributed by atoms with Crippen molar-refractivity contribution < 1.29 is 24.2 Å². The van der Waals surface area contributed by atoms with Crippen molar-refractivity contribution in [3.8, 4) is 5.75 Å². The predicted octanol–water partition coefficient (Wildman–Crippen LogP) is 3.80. The highest BCUT2D eigenvalue weighted by Crippen LogP contribution is 2.34. The molecule has 0 aliphatic carbocycles. The third kappa shape index (κ3) is 6.52. The van der Waals surface area contributed by atoms with Gasteiger partial charge in [-0.1, -0.05) is 36.2 Å². The van der Waals surface area contributed by atoms with Crippen molar-refractivity contribution in [1.29, 1.82) is 0 Å². The molecule has 1 fully saturated rings. The fourth-order valence-electron chi connectivity index (χ4n) is 5.03. The van der Waals surface area contributed by atoms with Crippen molar-refractivity contribution in [1.82, 2.24) is 9.62 Å². The van der Waals surface area contributed by atoms with E-state index in [1.807, 2.05) is 18.2 Å². The molecule has 0 radical (unpaired) electrons. The van der Waals surface area contributed by atoms with E-state index < -0.39 is 12.0 Å². The average Bonchev–Trinajstić information content (AvgIpc) is 2.89. The maximum absolute atomic E-state index is 13.2. The number of piperidine rings is 1. The Balaban J connectivity index is 1.47. The highest BCUT2D eigenvalue weighted by molar-refractivity contribution is 7.96. The molecule has 194 valence electrons. The Morgan fingerprint density at radius 2 is 1.92 bits per heavy atom. The number of benzene rings is 2. The lowest BCUT2D eigenvalue weighted by molar-refractivity contribution is -0.137. The van der Waals surface area contributed by atoms with E-state index in [2.05, 4.69) is 32.9 Å². The first kappa shape index (κ1) is 26.3. The van der Waals surface area contributed by atoms with Crippen molar-refractivity contribution in [2.75, 3.05) is 44.5 Å². The lowest BCUT2D eigenvalue weighted by Crippen LogP contribution is -2.45. The monoisotopic (exact) mass is 513 g/mol. The van der Waals surface area contributed by atoms with Crippen LogP contribution in [0.1, 0.15) is 40.7 Å². The topological polar surface area (TPSA) is 91.3 Å². The van der Waals surface area contributed by atoms with Gasteiger partial charge >= 0.3 is 5.97 Å². The van der Waals surface area contributed by atoms with E-state index in [4.69, 9.17) is 9.47 Å². The fourth-order valence-corrected chi connectivity index (χ4v) is 5.61. The number of rotatable bonds is 10. The van der Waals surface area contributed by atoms with Crippen LogP contribution in [-0.2, 0) is 22.7 Å². The second-order valence-corrected chi connectivity index (χ2v) is 10.2. The molecule has 1 saturated heterocycles. The lowest BCUT2D eigenvalue weighted by Gasteiger charge is -2.35. The summed E-state index contributed by atoms with van der Waals surface area (Å²) in [7, 11) is 1.70. The number of carboxylic acids is 1. The fraction of sp³-hybridized carbons (Fsp3) is 0.481. The zero-order valence-corrected chi connectivity index (χ0v) is 21.8. The number of nitrogens with one attached hydrogen (secondary N) is 1. The van der Waals surface area contributed by atoms with Crippen LogP contribution in [0, 0.1) is 5.92 Å². The largest absolute Gasteiger partial charge is 0.490 e. The number of amides is 1. The molecule has 2 N–H and O–H groups in total. The van der Waals surface area contributed by atoms with Gasteiger partial charge in [-0.2, -0.15) is 0 Å². The van der Waals surface area contributed by atoms with E-state index in [-0.39, 0.29) is 18.2 Å². The SMILES string of the molecule is COCc1ccccc1CN1CCOc2cc(C(=O)NC(CC(=O)O)C3CCN(SC)CC3)ccc21. The molecule has 36 heavy (non-hydrogen) atoms. The second kappa shape index (κ2) is 12.5. The zero-order chi connectivity index (χ0) is 25.5. The number of hydrogen-bond donors (Lipinski definition) is 2. The minimum Gasteiger partial charge on any atom is -0.490 e. The Bertz CT molecular complexity index is 1060. The average molecular weight is 514 g/mol. The van der Waals surface area contributed by atoms with Crippen molar-refractivity contribution >= 4 is 29.5 Å². The van der Waals surface area contributed by atoms with Gasteiger partial charge in [0.15, 0.2) is 0 Å². The maximum atomic E-state index is 13.2. The van der Waals surface area contributed by atoms with Crippen molar-refractivity contribution in [3.63, 3.8) is 0 Å². The van der Waals surface area contributed by atoms with E-state index in [1.165, 1.54) is 5.56 Å². The molecule has 2 aromatic carbocycles. The van der Waals surface area contributed by atoms with Gasteiger partial charge in [0, 0.05) is 38.3 Å². The second-order valence-electron chi connectivity index (χ2n) is 9.28. The standard InChI is InChI=1S/C27H35N3O5S/c1-34-18-22-6-4-3-5-21(22)17-29-13-14-35-25-15-20(7-8-24(25)29)27(33)28-23(16-26(31)32)19-9-11-30(36-2)12-10-19/h3-8,15,19,23H,9-14,16-18H2,1-2H3,(H,28,33)(H,31,32). The summed E-state index contributed by atoms with van der Waals surface area (Å²) in [5, 5.41) is 12.5. The summed E-state index contributed by atoms with van der Waals surface area (Å²) in [6.45, 7) is 4.34. The summed E-state index contributed by atoms with van der Waals surface area (Å²) in [5.74, 6) is -0.348. The molecule has 2 aliphatic heterocycles. The number of aliphatic carboxylic acids is 1. The summed E-state index contributed by atoms with van der Waals surface area (Å²) >= 11 is 1.71. The number of carbonyl (C=O) groups excluding carboxylic acids is 1. The van der Waals surface area contributed by atoms with E-state index in [0.29, 0.717) is 24.5 Å². The molecule has 9 heteroatoms. The first-order valence-electron chi connectivity index (χ1n) is 12.4. The summed E-state index contributed by atoms with van der Waals surface area (Å²) < 4.78 is 13.5. The number of fused-ring (bicyclic) bond motifs is 1. The minimum absolute atomic E-state index is 0.0776. The Kier molecular flexibility index (Phi) is 9.12. The number of carbonyl (C=O) groups is 2. The smallest absolute Gasteiger partial charge is 0.305 e.